The van der Waals surface area contributed by atoms with Crippen LogP contribution in [0.25, 0.3) is 0 Å². The minimum Gasteiger partial charge on any atom is -0.400 e. The van der Waals surface area contributed by atoms with Gasteiger partial charge in [0.25, 0.3) is 0 Å². The Hall–Kier alpha value is -0.370. The molecular weight excluding hydrogens is 164 g/mol. The molecule has 0 radical (unpaired) electrons. The molecule has 0 saturated heterocycles. The van der Waals surface area contributed by atoms with Crippen LogP contribution in [0.5, 0.6) is 0 Å². The van der Waals surface area contributed by atoms with E-state index in [1.54, 1.807) is 0 Å². The molecule has 2 heteroatoms. The summed E-state index contributed by atoms with van der Waals surface area (Å²) in [5.41, 5.74) is 0. The SMILES string of the molecule is CC.CCCCCC(C)C=O.CO. The zero-order valence-electron chi connectivity index (χ0n) is 9.84. The van der Waals surface area contributed by atoms with Crippen molar-refractivity contribution in [2.24, 2.45) is 5.92 Å². The van der Waals surface area contributed by atoms with Gasteiger partial charge in [0.2, 0.25) is 0 Å². The molecule has 1 atom stereocenters. The lowest BCUT2D eigenvalue weighted by atomic mass is 10.1. The maximum absolute atomic E-state index is 10.1. The summed E-state index contributed by atoms with van der Waals surface area (Å²) in [6.45, 7) is 8.15. The van der Waals surface area contributed by atoms with Crippen molar-refractivity contribution in [3.8, 4) is 0 Å². The predicted molar refractivity (Wildman–Crippen MR) is 58.9 cm³/mol. The molecule has 0 rings (SSSR count). The summed E-state index contributed by atoms with van der Waals surface area (Å²) in [4.78, 5) is 10.1. The van der Waals surface area contributed by atoms with Crippen molar-refractivity contribution in [3.63, 3.8) is 0 Å². The van der Waals surface area contributed by atoms with Crippen molar-refractivity contribution >= 4 is 6.29 Å². The van der Waals surface area contributed by atoms with Crippen LogP contribution in [-0.4, -0.2) is 18.5 Å². The molecular formula is C11H26O2. The average Bonchev–Trinajstić information content (AvgIpc) is 2.24. The Kier molecular flexibility index (Phi) is 32.0. The monoisotopic (exact) mass is 190 g/mol. The van der Waals surface area contributed by atoms with E-state index in [2.05, 4.69) is 6.92 Å². The normalized spacial score (nSPS) is 10.0. The lowest BCUT2D eigenvalue weighted by molar-refractivity contribution is -0.110. The minimum atomic E-state index is 0.275. The Bertz CT molecular complexity index is 72.5. The third-order valence-corrected chi connectivity index (χ3v) is 1.50. The van der Waals surface area contributed by atoms with Gasteiger partial charge in [-0.3, -0.25) is 0 Å². The molecule has 0 saturated carbocycles. The first-order valence-corrected chi connectivity index (χ1v) is 5.21. The zero-order valence-corrected chi connectivity index (χ0v) is 9.84. The third-order valence-electron chi connectivity index (χ3n) is 1.50. The van der Waals surface area contributed by atoms with Gasteiger partial charge < -0.3 is 9.90 Å². The fourth-order valence-corrected chi connectivity index (χ4v) is 0.784. The molecule has 0 heterocycles. The third kappa shape index (κ3) is 24.5. The molecule has 1 N–H and O–H groups in total. The van der Waals surface area contributed by atoms with E-state index in [1.165, 1.54) is 19.3 Å². The Morgan fingerprint density at radius 2 is 1.69 bits per heavy atom. The zero-order chi connectivity index (χ0) is 11.1. The number of hydrogen-bond acceptors (Lipinski definition) is 2. The van der Waals surface area contributed by atoms with Gasteiger partial charge in [0.05, 0.1) is 0 Å². The summed E-state index contributed by atoms with van der Waals surface area (Å²) in [5, 5.41) is 7.00. The van der Waals surface area contributed by atoms with E-state index in [-0.39, 0.29) is 5.92 Å². The summed E-state index contributed by atoms with van der Waals surface area (Å²) in [6.07, 6.45) is 5.81. The number of carbonyl (C=O) groups excluding carboxylic acids is 1. The van der Waals surface area contributed by atoms with Gasteiger partial charge in [-0.1, -0.05) is 47.0 Å². The fourth-order valence-electron chi connectivity index (χ4n) is 0.784. The highest BCUT2D eigenvalue weighted by atomic mass is 16.2. The van der Waals surface area contributed by atoms with Crippen molar-refractivity contribution in [2.45, 2.75) is 53.4 Å². The highest BCUT2D eigenvalue weighted by Gasteiger charge is 1.96. The molecule has 0 aliphatic heterocycles. The number of carbonyl (C=O) groups is 1. The molecule has 82 valence electrons. The van der Waals surface area contributed by atoms with Gasteiger partial charge >= 0.3 is 0 Å². The van der Waals surface area contributed by atoms with Crippen LogP contribution in [0, 0.1) is 5.92 Å². The summed E-state index contributed by atoms with van der Waals surface area (Å²) in [7, 11) is 1.00. The van der Waals surface area contributed by atoms with Crippen LogP contribution in [0.4, 0.5) is 0 Å². The first-order valence-electron chi connectivity index (χ1n) is 5.21. The van der Waals surface area contributed by atoms with Gasteiger partial charge in [-0.15, -0.1) is 0 Å². The van der Waals surface area contributed by atoms with Crippen LogP contribution in [-0.2, 0) is 4.79 Å². The van der Waals surface area contributed by atoms with E-state index in [4.69, 9.17) is 5.11 Å². The maximum atomic E-state index is 10.1. The number of rotatable bonds is 5. The predicted octanol–water partition coefficient (Wildman–Crippen LogP) is 3.04. The topological polar surface area (TPSA) is 37.3 Å². The summed E-state index contributed by atoms with van der Waals surface area (Å²) < 4.78 is 0. The second-order valence-corrected chi connectivity index (χ2v) is 2.61. The molecule has 13 heavy (non-hydrogen) atoms. The Morgan fingerprint density at radius 1 is 1.23 bits per heavy atom. The van der Waals surface area contributed by atoms with Gasteiger partial charge in [-0.2, -0.15) is 0 Å². The fraction of sp³-hybridized carbons (Fsp3) is 0.909. The Balaban J connectivity index is -0.000000218. The highest BCUT2D eigenvalue weighted by Crippen LogP contribution is 2.05. The molecule has 0 bridgehead atoms. The summed E-state index contributed by atoms with van der Waals surface area (Å²) in [5.74, 6) is 0.275. The van der Waals surface area contributed by atoms with Crippen molar-refractivity contribution in [3.05, 3.63) is 0 Å². The Labute approximate surface area is 83.4 Å². The van der Waals surface area contributed by atoms with E-state index >= 15 is 0 Å². The first kappa shape index (κ1) is 18.4. The van der Waals surface area contributed by atoms with E-state index in [1.807, 2.05) is 20.8 Å². The van der Waals surface area contributed by atoms with Crippen LogP contribution in [0.2, 0.25) is 0 Å². The van der Waals surface area contributed by atoms with E-state index in [0.717, 1.165) is 19.8 Å². The second kappa shape index (κ2) is 22.6. The van der Waals surface area contributed by atoms with Gasteiger partial charge in [-0.25, -0.2) is 0 Å². The quantitative estimate of drug-likeness (QED) is 0.534. The molecule has 0 aliphatic rings. The summed E-state index contributed by atoms with van der Waals surface area (Å²) in [6, 6.07) is 0. The number of hydrogen-bond donors (Lipinski definition) is 1. The van der Waals surface area contributed by atoms with Crippen LogP contribution < -0.4 is 0 Å². The van der Waals surface area contributed by atoms with Gasteiger partial charge in [0, 0.05) is 13.0 Å². The van der Waals surface area contributed by atoms with Crippen molar-refractivity contribution in [1.29, 1.82) is 0 Å². The van der Waals surface area contributed by atoms with Gasteiger partial charge in [0.15, 0.2) is 0 Å². The average molecular weight is 190 g/mol. The standard InChI is InChI=1S/C8H16O.C2H6.CH4O/c1-3-4-5-6-8(2)7-9;2*1-2/h7-8H,3-6H2,1-2H3;1-2H3;2H,1H3. The minimum absolute atomic E-state index is 0.275. The van der Waals surface area contributed by atoms with Gasteiger partial charge in [-0.05, 0) is 6.42 Å². The molecule has 0 spiro atoms. The molecule has 2 nitrogen and oxygen atoms in total. The lowest BCUT2D eigenvalue weighted by Crippen LogP contribution is -1.94. The number of unbranched alkanes of at least 4 members (excludes halogenated alkanes) is 2. The van der Waals surface area contributed by atoms with Crippen molar-refractivity contribution in [2.75, 3.05) is 7.11 Å². The molecule has 0 amide bonds. The Morgan fingerprint density at radius 3 is 2.00 bits per heavy atom. The number of aliphatic hydroxyl groups excluding tert-OH is 1. The van der Waals surface area contributed by atoms with Gasteiger partial charge in [0.1, 0.15) is 6.29 Å². The van der Waals surface area contributed by atoms with E-state index in [9.17, 15) is 4.79 Å². The number of aldehydes is 1. The molecule has 0 aromatic rings. The van der Waals surface area contributed by atoms with Crippen molar-refractivity contribution in [1.82, 2.24) is 0 Å². The molecule has 0 aliphatic carbocycles. The van der Waals surface area contributed by atoms with Crippen LogP contribution in [0.1, 0.15) is 53.4 Å². The second-order valence-electron chi connectivity index (χ2n) is 2.61. The van der Waals surface area contributed by atoms with Crippen LogP contribution >= 0.6 is 0 Å². The largest absolute Gasteiger partial charge is 0.400 e. The maximum Gasteiger partial charge on any atom is 0.122 e. The van der Waals surface area contributed by atoms with Crippen LogP contribution in [0.15, 0.2) is 0 Å². The molecule has 1 unspecified atom stereocenters. The first-order chi connectivity index (χ1) is 6.31. The lowest BCUT2D eigenvalue weighted by Gasteiger charge is -1.99. The highest BCUT2D eigenvalue weighted by molar-refractivity contribution is 5.52. The molecule has 0 aromatic carbocycles. The summed E-state index contributed by atoms with van der Waals surface area (Å²) >= 11 is 0. The van der Waals surface area contributed by atoms with E-state index < -0.39 is 0 Å². The molecule has 0 fully saturated rings. The van der Waals surface area contributed by atoms with E-state index in [0.29, 0.717) is 0 Å². The number of aliphatic hydroxyl groups is 1. The smallest absolute Gasteiger partial charge is 0.122 e. The van der Waals surface area contributed by atoms with Crippen LogP contribution in [0.3, 0.4) is 0 Å². The van der Waals surface area contributed by atoms with Crippen molar-refractivity contribution < 1.29 is 9.90 Å². The molecule has 0 aromatic heterocycles.